The van der Waals surface area contributed by atoms with Gasteiger partial charge in [-0.25, -0.2) is 4.79 Å². The Bertz CT molecular complexity index is 334. The molecule has 5 heteroatoms. The summed E-state index contributed by atoms with van der Waals surface area (Å²) in [6.45, 7) is 2.40. The fourth-order valence-electron chi connectivity index (χ4n) is 3.31. The lowest BCUT2D eigenvalue weighted by molar-refractivity contribution is 0.183. The normalized spacial score (nSPS) is 26.2. The van der Waals surface area contributed by atoms with Crippen LogP contribution in [0.25, 0.3) is 0 Å². The van der Waals surface area contributed by atoms with Gasteiger partial charge in [0, 0.05) is 37.8 Å². The number of aliphatic hydroxyl groups is 1. The predicted molar refractivity (Wildman–Crippen MR) is 77.5 cm³/mol. The Kier molecular flexibility index (Phi) is 4.46. The summed E-state index contributed by atoms with van der Waals surface area (Å²) in [6, 6.07) is 1.28. The summed E-state index contributed by atoms with van der Waals surface area (Å²) in [4.78, 5) is 14.6. The van der Waals surface area contributed by atoms with E-state index in [-0.39, 0.29) is 18.7 Å². The van der Waals surface area contributed by atoms with Crippen molar-refractivity contribution in [3.63, 3.8) is 0 Å². The number of urea groups is 1. The molecule has 2 amide bonds. The molecule has 5 nitrogen and oxygen atoms in total. The first-order valence-corrected chi connectivity index (χ1v) is 8.18. The lowest BCUT2D eigenvalue weighted by Gasteiger charge is -2.32. The summed E-state index contributed by atoms with van der Waals surface area (Å²) in [6.07, 6.45) is 7.91. The van der Waals surface area contributed by atoms with E-state index in [1.54, 1.807) is 0 Å². The van der Waals surface area contributed by atoms with Gasteiger partial charge in [-0.3, -0.25) is 0 Å². The summed E-state index contributed by atoms with van der Waals surface area (Å²) in [7, 11) is 0. The van der Waals surface area contributed by atoms with Gasteiger partial charge < -0.3 is 20.6 Å². The van der Waals surface area contributed by atoms with E-state index in [9.17, 15) is 4.79 Å². The molecule has 1 heterocycles. The van der Waals surface area contributed by atoms with Crippen molar-refractivity contribution in [2.75, 3.05) is 19.7 Å². The first-order valence-electron chi connectivity index (χ1n) is 8.18. The highest BCUT2D eigenvalue weighted by Crippen LogP contribution is 2.34. The molecule has 3 fully saturated rings. The Morgan fingerprint density at radius 2 is 1.85 bits per heavy atom. The third kappa shape index (κ3) is 3.85. The molecule has 1 atom stereocenters. The molecule has 0 spiro atoms. The third-order valence-electron chi connectivity index (χ3n) is 4.88. The summed E-state index contributed by atoms with van der Waals surface area (Å²) in [5.74, 6) is 0.588. The minimum atomic E-state index is -0.0415. The van der Waals surface area contributed by atoms with E-state index in [1.807, 2.05) is 0 Å². The van der Waals surface area contributed by atoms with Gasteiger partial charge in [-0.05, 0) is 50.9 Å². The van der Waals surface area contributed by atoms with Crippen molar-refractivity contribution in [3.8, 4) is 0 Å². The van der Waals surface area contributed by atoms with Crippen LogP contribution < -0.4 is 10.6 Å². The Labute approximate surface area is 121 Å². The number of likely N-dealkylation sites (tertiary alicyclic amines) is 1. The first kappa shape index (κ1) is 14.1. The molecule has 0 radical (unpaired) electrons. The van der Waals surface area contributed by atoms with E-state index in [1.165, 1.54) is 25.7 Å². The highest BCUT2D eigenvalue weighted by molar-refractivity contribution is 5.74. The van der Waals surface area contributed by atoms with Crippen LogP contribution in [0.3, 0.4) is 0 Å². The van der Waals surface area contributed by atoms with Gasteiger partial charge in [-0.2, -0.15) is 0 Å². The van der Waals surface area contributed by atoms with Crippen molar-refractivity contribution in [2.24, 2.45) is 5.92 Å². The van der Waals surface area contributed by atoms with E-state index in [0.717, 1.165) is 32.0 Å². The highest BCUT2D eigenvalue weighted by atomic mass is 16.3. The van der Waals surface area contributed by atoms with Crippen LogP contribution in [0.5, 0.6) is 0 Å². The van der Waals surface area contributed by atoms with Crippen LogP contribution in [-0.2, 0) is 0 Å². The molecule has 1 aliphatic heterocycles. The number of nitrogens with one attached hydrogen (secondary N) is 2. The maximum Gasteiger partial charge on any atom is 0.315 e. The number of carbonyl (C=O) groups is 1. The Hall–Kier alpha value is -0.810. The number of piperidine rings is 1. The van der Waals surface area contributed by atoms with Gasteiger partial charge in [-0.15, -0.1) is 0 Å². The molecule has 0 aromatic rings. The van der Waals surface area contributed by atoms with Gasteiger partial charge in [0.1, 0.15) is 0 Å². The number of carbonyl (C=O) groups excluding carboxylic acids is 1. The quantitative estimate of drug-likeness (QED) is 0.682. The maximum absolute atomic E-state index is 12.0. The van der Waals surface area contributed by atoms with Crippen molar-refractivity contribution in [3.05, 3.63) is 0 Å². The van der Waals surface area contributed by atoms with Gasteiger partial charge in [0.15, 0.2) is 0 Å². The monoisotopic (exact) mass is 281 g/mol. The first-order chi connectivity index (χ1) is 9.76. The molecular formula is C15H27N3O2. The molecule has 1 saturated heterocycles. The van der Waals surface area contributed by atoms with Gasteiger partial charge >= 0.3 is 6.03 Å². The topological polar surface area (TPSA) is 64.6 Å². The predicted octanol–water partition coefficient (Wildman–Crippen LogP) is 1.07. The average Bonchev–Trinajstić information content (AvgIpc) is 3.29. The number of hydrogen-bond acceptors (Lipinski definition) is 3. The van der Waals surface area contributed by atoms with Crippen molar-refractivity contribution in [2.45, 2.75) is 63.1 Å². The second-order valence-corrected chi connectivity index (χ2v) is 6.62. The lowest BCUT2D eigenvalue weighted by atomic mass is 10.1. The molecule has 0 bridgehead atoms. The largest absolute Gasteiger partial charge is 0.396 e. The van der Waals surface area contributed by atoms with Crippen molar-refractivity contribution in [1.29, 1.82) is 0 Å². The van der Waals surface area contributed by atoms with E-state index in [2.05, 4.69) is 15.5 Å². The fraction of sp³-hybridized carbons (Fsp3) is 0.933. The molecular weight excluding hydrogens is 254 g/mol. The number of hydrogen-bond donors (Lipinski definition) is 3. The van der Waals surface area contributed by atoms with Crippen LogP contribution in [0, 0.1) is 5.92 Å². The second kappa shape index (κ2) is 6.31. The van der Waals surface area contributed by atoms with Gasteiger partial charge in [-0.1, -0.05) is 0 Å². The van der Waals surface area contributed by atoms with E-state index >= 15 is 0 Å². The molecule has 1 unspecified atom stereocenters. The second-order valence-electron chi connectivity index (χ2n) is 6.62. The lowest BCUT2D eigenvalue weighted by Crippen LogP contribution is -2.50. The summed E-state index contributed by atoms with van der Waals surface area (Å²) < 4.78 is 0. The van der Waals surface area contributed by atoms with Crippen LogP contribution in [0.2, 0.25) is 0 Å². The zero-order chi connectivity index (χ0) is 13.9. The van der Waals surface area contributed by atoms with Crippen molar-refractivity contribution < 1.29 is 9.90 Å². The number of rotatable bonds is 6. The number of nitrogens with zero attached hydrogens (tertiary/aromatic N) is 1. The molecule has 0 aromatic carbocycles. The Balaban J connectivity index is 1.37. The number of amides is 2. The Morgan fingerprint density at radius 1 is 1.15 bits per heavy atom. The van der Waals surface area contributed by atoms with Crippen molar-refractivity contribution >= 4 is 6.03 Å². The van der Waals surface area contributed by atoms with Gasteiger partial charge in [0.2, 0.25) is 0 Å². The molecule has 2 saturated carbocycles. The van der Waals surface area contributed by atoms with Crippen LogP contribution in [0.1, 0.15) is 44.9 Å². The molecule has 3 N–H and O–H groups in total. The molecule has 2 aliphatic carbocycles. The third-order valence-corrected chi connectivity index (χ3v) is 4.88. The van der Waals surface area contributed by atoms with E-state index in [4.69, 9.17) is 5.11 Å². The molecule has 3 rings (SSSR count). The zero-order valence-corrected chi connectivity index (χ0v) is 12.2. The minimum Gasteiger partial charge on any atom is -0.396 e. The molecule has 0 aromatic heterocycles. The van der Waals surface area contributed by atoms with Gasteiger partial charge in [0.05, 0.1) is 0 Å². The smallest absolute Gasteiger partial charge is 0.315 e. The van der Waals surface area contributed by atoms with Gasteiger partial charge in [0.25, 0.3) is 0 Å². The molecule has 3 aliphatic rings. The van der Waals surface area contributed by atoms with Crippen LogP contribution in [-0.4, -0.2) is 53.9 Å². The minimum absolute atomic E-state index is 0.0415. The van der Waals surface area contributed by atoms with Crippen molar-refractivity contribution in [1.82, 2.24) is 15.5 Å². The summed E-state index contributed by atoms with van der Waals surface area (Å²) >= 11 is 0. The van der Waals surface area contributed by atoms with E-state index < -0.39 is 0 Å². The standard InChI is InChI=1S/C15H27N3O2/c19-10-7-14(11-1-2-11)17-15(20)16-12-5-8-18(9-6-12)13-3-4-13/h11-14,19H,1-10H2,(H2,16,17,20). The van der Waals surface area contributed by atoms with Crippen LogP contribution >= 0.6 is 0 Å². The Morgan fingerprint density at radius 3 is 2.40 bits per heavy atom. The molecule has 114 valence electrons. The van der Waals surface area contributed by atoms with E-state index in [0.29, 0.717) is 18.4 Å². The maximum atomic E-state index is 12.0. The molecule has 20 heavy (non-hydrogen) atoms. The SMILES string of the molecule is O=C(NC1CCN(C2CC2)CC1)NC(CCO)C1CC1. The average molecular weight is 281 g/mol. The number of aliphatic hydroxyl groups excluding tert-OH is 1. The zero-order valence-electron chi connectivity index (χ0n) is 12.2. The highest BCUT2D eigenvalue weighted by Gasteiger charge is 2.34. The fourth-order valence-corrected chi connectivity index (χ4v) is 3.31. The summed E-state index contributed by atoms with van der Waals surface area (Å²) in [5, 5.41) is 15.2. The van der Waals surface area contributed by atoms with Crippen LogP contribution in [0.15, 0.2) is 0 Å². The van der Waals surface area contributed by atoms with Crippen LogP contribution in [0.4, 0.5) is 4.79 Å². The summed E-state index contributed by atoms with van der Waals surface area (Å²) in [5.41, 5.74) is 0.